The Morgan fingerprint density at radius 2 is 2.17 bits per heavy atom. The predicted molar refractivity (Wildman–Crippen MR) is 86.2 cm³/mol. The lowest BCUT2D eigenvalue weighted by molar-refractivity contribution is 0.0909. The zero-order valence-electron chi connectivity index (χ0n) is 13.2. The number of methoxy groups -OCH3 is 1. The molecule has 1 aromatic carbocycles. The number of nitrogens with one attached hydrogen (secondary N) is 1. The average molecular weight is 313 g/mol. The van der Waals surface area contributed by atoms with Crippen LogP contribution in [-0.4, -0.2) is 29.2 Å². The van der Waals surface area contributed by atoms with Gasteiger partial charge in [-0.2, -0.15) is 0 Å². The number of ether oxygens (including phenoxy) is 1. The van der Waals surface area contributed by atoms with E-state index in [2.05, 4.69) is 14.9 Å². The van der Waals surface area contributed by atoms with Gasteiger partial charge in [-0.3, -0.25) is 4.79 Å². The highest BCUT2D eigenvalue weighted by Gasteiger charge is 2.19. The SMILES string of the molecule is COCCn1c(C(C)NC(=O)c2ccco2)nc2ccccc21. The molecule has 1 amide bonds. The van der Waals surface area contributed by atoms with Crippen LogP contribution in [0.25, 0.3) is 11.0 Å². The van der Waals surface area contributed by atoms with Crippen molar-refractivity contribution in [2.75, 3.05) is 13.7 Å². The van der Waals surface area contributed by atoms with Gasteiger partial charge in [-0.25, -0.2) is 4.98 Å². The van der Waals surface area contributed by atoms with Gasteiger partial charge >= 0.3 is 0 Å². The lowest BCUT2D eigenvalue weighted by Crippen LogP contribution is -2.28. The van der Waals surface area contributed by atoms with Crippen LogP contribution in [0.15, 0.2) is 47.1 Å². The molecule has 2 aromatic heterocycles. The summed E-state index contributed by atoms with van der Waals surface area (Å²) in [4.78, 5) is 16.8. The van der Waals surface area contributed by atoms with E-state index < -0.39 is 0 Å². The van der Waals surface area contributed by atoms with E-state index in [1.165, 1.54) is 6.26 Å². The molecular weight excluding hydrogens is 294 g/mol. The summed E-state index contributed by atoms with van der Waals surface area (Å²) in [6, 6.07) is 11.0. The van der Waals surface area contributed by atoms with Gasteiger partial charge in [0.1, 0.15) is 5.82 Å². The van der Waals surface area contributed by atoms with Crippen LogP contribution in [0.1, 0.15) is 29.3 Å². The van der Waals surface area contributed by atoms with Crippen molar-refractivity contribution in [1.29, 1.82) is 0 Å². The van der Waals surface area contributed by atoms with Crippen LogP contribution in [-0.2, 0) is 11.3 Å². The number of amides is 1. The van der Waals surface area contributed by atoms with Gasteiger partial charge < -0.3 is 19.0 Å². The molecule has 23 heavy (non-hydrogen) atoms. The van der Waals surface area contributed by atoms with E-state index in [9.17, 15) is 4.79 Å². The van der Waals surface area contributed by atoms with Crippen LogP contribution >= 0.6 is 0 Å². The van der Waals surface area contributed by atoms with Gasteiger partial charge in [0.05, 0.1) is 29.9 Å². The number of rotatable bonds is 6. The fraction of sp³-hybridized carbons (Fsp3) is 0.294. The first-order valence-corrected chi connectivity index (χ1v) is 7.49. The van der Waals surface area contributed by atoms with E-state index in [0.717, 1.165) is 16.9 Å². The molecule has 0 spiro atoms. The number of fused-ring (bicyclic) bond motifs is 1. The van der Waals surface area contributed by atoms with E-state index in [0.29, 0.717) is 13.2 Å². The van der Waals surface area contributed by atoms with Gasteiger partial charge in [-0.15, -0.1) is 0 Å². The standard InChI is InChI=1S/C17H19N3O3/c1-12(18-17(21)15-8-5-10-23-15)16-19-13-6-3-4-7-14(13)20(16)9-11-22-2/h3-8,10,12H,9,11H2,1-2H3,(H,18,21). The van der Waals surface area contributed by atoms with Crippen LogP contribution in [0.2, 0.25) is 0 Å². The number of benzene rings is 1. The van der Waals surface area contributed by atoms with E-state index in [1.807, 2.05) is 31.2 Å². The molecule has 3 aromatic rings. The molecule has 2 heterocycles. The van der Waals surface area contributed by atoms with E-state index in [4.69, 9.17) is 9.15 Å². The Morgan fingerprint density at radius 1 is 1.35 bits per heavy atom. The van der Waals surface area contributed by atoms with Crippen molar-refractivity contribution in [2.24, 2.45) is 0 Å². The first kappa shape index (κ1) is 15.3. The molecule has 0 aliphatic heterocycles. The van der Waals surface area contributed by atoms with Gasteiger partial charge in [0.2, 0.25) is 0 Å². The van der Waals surface area contributed by atoms with E-state index in [-0.39, 0.29) is 17.7 Å². The van der Waals surface area contributed by atoms with Gasteiger partial charge in [0, 0.05) is 13.7 Å². The van der Waals surface area contributed by atoms with Crippen LogP contribution in [0, 0.1) is 0 Å². The third-order valence-electron chi connectivity index (χ3n) is 3.68. The molecule has 0 aliphatic rings. The lowest BCUT2D eigenvalue weighted by Gasteiger charge is -2.15. The lowest BCUT2D eigenvalue weighted by atomic mass is 10.3. The molecule has 1 atom stereocenters. The van der Waals surface area contributed by atoms with Crippen LogP contribution in [0.3, 0.4) is 0 Å². The first-order valence-electron chi connectivity index (χ1n) is 7.49. The quantitative estimate of drug-likeness (QED) is 0.760. The van der Waals surface area contributed by atoms with Crippen molar-refractivity contribution in [2.45, 2.75) is 19.5 Å². The zero-order valence-corrected chi connectivity index (χ0v) is 13.2. The Balaban J connectivity index is 1.89. The van der Waals surface area contributed by atoms with E-state index >= 15 is 0 Å². The number of hydrogen-bond donors (Lipinski definition) is 1. The van der Waals surface area contributed by atoms with Crippen molar-refractivity contribution in [3.05, 3.63) is 54.2 Å². The number of hydrogen-bond acceptors (Lipinski definition) is 4. The molecule has 0 bridgehead atoms. The molecule has 1 N–H and O–H groups in total. The minimum atomic E-state index is -0.257. The summed E-state index contributed by atoms with van der Waals surface area (Å²) >= 11 is 0. The molecular formula is C17H19N3O3. The molecule has 6 heteroatoms. The molecule has 6 nitrogen and oxygen atoms in total. The summed E-state index contributed by atoms with van der Waals surface area (Å²) in [5.41, 5.74) is 1.93. The van der Waals surface area contributed by atoms with Crippen molar-refractivity contribution < 1.29 is 13.9 Å². The highest BCUT2D eigenvalue weighted by molar-refractivity contribution is 5.91. The summed E-state index contributed by atoms with van der Waals surface area (Å²) in [5, 5.41) is 2.92. The molecule has 120 valence electrons. The number of furan rings is 1. The number of carbonyl (C=O) groups is 1. The van der Waals surface area contributed by atoms with Crippen LogP contribution in [0.4, 0.5) is 0 Å². The molecule has 0 radical (unpaired) electrons. The Labute approximate surface area is 134 Å². The average Bonchev–Trinajstić information content (AvgIpc) is 3.20. The topological polar surface area (TPSA) is 69.3 Å². The highest BCUT2D eigenvalue weighted by Crippen LogP contribution is 2.21. The van der Waals surface area contributed by atoms with E-state index in [1.54, 1.807) is 19.2 Å². The molecule has 0 saturated heterocycles. The monoisotopic (exact) mass is 313 g/mol. The number of imidazole rings is 1. The van der Waals surface area contributed by atoms with Gasteiger partial charge in [0.15, 0.2) is 5.76 Å². The summed E-state index contributed by atoms with van der Waals surface area (Å²) in [7, 11) is 1.67. The van der Waals surface area contributed by atoms with Crippen LogP contribution < -0.4 is 5.32 Å². The Bertz CT molecular complexity index is 793. The number of para-hydroxylation sites is 2. The Hall–Kier alpha value is -2.60. The smallest absolute Gasteiger partial charge is 0.287 e. The van der Waals surface area contributed by atoms with Crippen molar-refractivity contribution in [3.8, 4) is 0 Å². The first-order chi connectivity index (χ1) is 11.2. The molecule has 1 unspecified atom stereocenters. The van der Waals surface area contributed by atoms with Gasteiger partial charge in [-0.05, 0) is 31.2 Å². The minimum absolute atomic E-state index is 0.253. The molecule has 3 rings (SSSR count). The third-order valence-corrected chi connectivity index (χ3v) is 3.68. The van der Waals surface area contributed by atoms with Crippen molar-refractivity contribution >= 4 is 16.9 Å². The number of carbonyl (C=O) groups excluding carboxylic acids is 1. The summed E-state index contributed by atoms with van der Waals surface area (Å²) in [6.45, 7) is 3.16. The minimum Gasteiger partial charge on any atom is -0.459 e. The van der Waals surface area contributed by atoms with Gasteiger partial charge in [-0.1, -0.05) is 12.1 Å². The maximum Gasteiger partial charge on any atom is 0.287 e. The largest absolute Gasteiger partial charge is 0.459 e. The fourth-order valence-corrected chi connectivity index (χ4v) is 2.58. The van der Waals surface area contributed by atoms with Crippen LogP contribution in [0.5, 0.6) is 0 Å². The highest BCUT2D eigenvalue weighted by atomic mass is 16.5. The third kappa shape index (κ3) is 3.12. The second kappa shape index (κ2) is 6.66. The second-order valence-electron chi connectivity index (χ2n) is 5.28. The normalized spacial score (nSPS) is 12.4. The fourth-order valence-electron chi connectivity index (χ4n) is 2.58. The molecule has 0 aliphatic carbocycles. The molecule has 0 fully saturated rings. The predicted octanol–water partition coefficient (Wildman–Crippen LogP) is 2.77. The molecule has 0 saturated carbocycles. The number of nitrogens with zero attached hydrogens (tertiary/aromatic N) is 2. The summed E-state index contributed by atoms with van der Waals surface area (Å²) in [6.07, 6.45) is 1.48. The summed E-state index contributed by atoms with van der Waals surface area (Å²) in [5.74, 6) is 0.826. The maximum absolute atomic E-state index is 12.2. The van der Waals surface area contributed by atoms with Crippen molar-refractivity contribution in [1.82, 2.24) is 14.9 Å². The Kier molecular flexibility index (Phi) is 4.43. The Morgan fingerprint density at radius 3 is 2.91 bits per heavy atom. The summed E-state index contributed by atoms with van der Waals surface area (Å²) < 4.78 is 12.4. The second-order valence-corrected chi connectivity index (χ2v) is 5.28. The number of aromatic nitrogens is 2. The zero-order chi connectivity index (χ0) is 16.2. The van der Waals surface area contributed by atoms with Gasteiger partial charge in [0.25, 0.3) is 5.91 Å². The maximum atomic E-state index is 12.2. The van der Waals surface area contributed by atoms with Crippen molar-refractivity contribution in [3.63, 3.8) is 0 Å².